The number of H-pyrrole nitrogens is 1. The Kier molecular flexibility index (Phi) is 2.66. The van der Waals surface area contributed by atoms with E-state index in [9.17, 15) is 22.4 Å². The molecule has 0 radical (unpaired) electrons. The zero-order valence-electron chi connectivity index (χ0n) is 8.10. The predicted octanol–water partition coefficient (Wildman–Crippen LogP) is 1.99. The Balaban J connectivity index is 2.72. The molecular weight excluding hydrogens is 240 g/mol. The highest BCUT2D eigenvalue weighted by molar-refractivity contribution is 5.60. The van der Waals surface area contributed by atoms with E-state index in [1.54, 1.807) is 0 Å². The van der Waals surface area contributed by atoms with Gasteiger partial charge in [0, 0.05) is 11.6 Å². The molecule has 0 aliphatic rings. The molecule has 0 atom stereocenters. The van der Waals surface area contributed by atoms with Gasteiger partial charge in [0.15, 0.2) is 17.5 Å². The van der Waals surface area contributed by atoms with Crippen molar-refractivity contribution in [3.63, 3.8) is 0 Å². The first-order valence-corrected chi connectivity index (χ1v) is 4.39. The molecule has 0 saturated heterocycles. The number of aromatic amines is 1. The minimum absolute atomic E-state index is 0.267. The number of rotatable bonds is 1. The number of hydrogen-bond donors (Lipinski definition) is 1. The Morgan fingerprint density at radius 1 is 0.941 bits per heavy atom. The second kappa shape index (κ2) is 4.00. The fourth-order valence-electron chi connectivity index (χ4n) is 1.29. The van der Waals surface area contributed by atoms with Crippen LogP contribution < -0.4 is 5.69 Å². The van der Waals surface area contributed by atoms with E-state index in [0.29, 0.717) is 12.3 Å². The van der Waals surface area contributed by atoms with Crippen LogP contribution in [0.3, 0.4) is 0 Å². The predicted molar refractivity (Wildman–Crippen MR) is 50.1 cm³/mol. The van der Waals surface area contributed by atoms with Gasteiger partial charge in [0.05, 0.1) is 11.9 Å². The molecule has 1 aromatic carbocycles. The first kappa shape index (κ1) is 11.3. The van der Waals surface area contributed by atoms with Gasteiger partial charge < -0.3 is 4.98 Å². The van der Waals surface area contributed by atoms with E-state index in [1.807, 2.05) is 4.98 Å². The van der Waals surface area contributed by atoms with Gasteiger partial charge in [-0.15, -0.1) is 0 Å². The summed E-state index contributed by atoms with van der Waals surface area (Å²) in [5.74, 6) is -4.99. The van der Waals surface area contributed by atoms with Gasteiger partial charge in [0.2, 0.25) is 0 Å². The van der Waals surface area contributed by atoms with Crippen molar-refractivity contribution in [3.8, 4) is 11.3 Å². The quantitative estimate of drug-likeness (QED) is 0.616. The Labute approximate surface area is 91.8 Å². The molecule has 2 aromatic rings. The molecule has 3 nitrogen and oxygen atoms in total. The molecule has 0 fully saturated rings. The van der Waals surface area contributed by atoms with Gasteiger partial charge >= 0.3 is 5.69 Å². The molecule has 7 heteroatoms. The molecule has 0 aliphatic carbocycles. The lowest BCUT2D eigenvalue weighted by atomic mass is 10.1. The number of hydrogen-bond acceptors (Lipinski definition) is 2. The van der Waals surface area contributed by atoms with Crippen LogP contribution in [0.1, 0.15) is 0 Å². The minimum atomic E-state index is -1.40. The zero-order valence-corrected chi connectivity index (χ0v) is 8.10. The monoisotopic (exact) mass is 244 g/mol. The summed E-state index contributed by atoms with van der Waals surface area (Å²) in [5, 5.41) is 0. The van der Waals surface area contributed by atoms with Gasteiger partial charge in [-0.2, -0.15) is 4.98 Å². The lowest BCUT2D eigenvalue weighted by molar-refractivity contribution is 0.495. The number of benzene rings is 1. The first-order valence-electron chi connectivity index (χ1n) is 4.39. The largest absolute Gasteiger partial charge is 0.345 e. The van der Waals surface area contributed by atoms with Gasteiger partial charge in [-0.1, -0.05) is 0 Å². The Bertz CT molecular complexity index is 639. The maximum absolute atomic E-state index is 13.3. The maximum atomic E-state index is 13.3. The second-order valence-corrected chi connectivity index (χ2v) is 3.16. The molecule has 0 bridgehead atoms. The summed E-state index contributed by atoms with van der Waals surface area (Å²) >= 11 is 0. The van der Waals surface area contributed by atoms with Crippen LogP contribution in [0.15, 0.2) is 23.1 Å². The molecule has 0 spiro atoms. The SMILES string of the molecule is O=c1ncc(F)c(-c2cc(F)c(F)cc2F)[nH]1. The highest BCUT2D eigenvalue weighted by atomic mass is 19.2. The average Bonchev–Trinajstić information content (AvgIpc) is 2.27. The smallest absolute Gasteiger partial charge is 0.303 e. The first-order chi connectivity index (χ1) is 7.99. The summed E-state index contributed by atoms with van der Waals surface area (Å²) < 4.78 is 52.1. The molecule has 0 saturated carbocycles. The van der Waals surface area contributed by atoms with E-state index in [1.165, 1.54) is 0 Å². The number of aromatic nitrogens is 2. The van der Waals surface area contributed by atoms with Crippen molar-refractivity contribution in [2.45, 2.75) is 0 Å². The third-order valence-corrected chi connectivity index (χ3v) is 2.05. The number of nitrogens with one attached hydrogen (secondary N) is 1. The van der Waals surface area contributed by atoms with E-state index >= 15 is 0 Å². The molecule has 88 valence electrons. The van der Waals surface area contributed by atoms with Gasteiger partial charge in [-0.05, 0) is 6.07 Å². The second-order valence-electron chi connectivity index (χ2n) is 3.16. The Morgan fingerprint density at radius 2 is 1.59 bits per heavy atom. The normalized spacial score (nSPS) is 10.6. The molecule has 0 aliphatic heterocycles. The minimum Gasteiger partial charge on any atom is -0.303 e. The summed E-state index contributed by atoms with van der Waals surface area (Å²) in [6.07, 6.45) is 0.564. The summed E-state index contributed by atoms with van der Waals surface area (Å²) in [5.41, 5.74) is -2.09. The fraction of sp³-hybridized carbons (Fsp3) is 0. The summed E-state index contributed by atoms with van der Waals surface area (Å²) in [7, 11) is 0. The Hall–Kier alpha value is -2.18. The Morgan fingerprint density at radius 3 is 2.29 bits per heavy atom. The van der Waals surface area contributed by atoms with Gasteiger partial charge in [0.1, 0.15) is 5.82 Å². The molecule has 1 heterocycles. The lowest BCUT2D eigenvalue weighted by Crippen LogP contribution is -2.12. The van der Waals surface area contributed by atoms with Crippen LogP contribution in [0.4, 0.5) is 17.6 Å². The van der Waals surface area contributed by atoms with Crippen LogP contribution in [0.25, 0.3) is 11.3 Å². The van der Waals surface area contributed by atoms with Crippen LogP contribution >= 0.6 is 0 Å². The van der Waals surface area contributed by atoms with E-state index in [-0.39, 0.29) is 6.07 Å². The van der Waals surface area contributed by atoms with E-state index in [4.69, 9.17) is 0 Å². The van der Waals surface area contributed by atoms with Crippen LogP contribution in [-0.4, -0.2) is 9.97 Å². The van der Waals surface area contributed by atoms with Crippen LogP contribution in [0.5, 0.6) is 0 Å². The average molecular weight is 244 g/mol. The highest BCUT2D eigenvalue weighted by Crippen LogP contribution is 2.24. The zero-order chi connectivity index (χ0) is 12.6. The molecule has 2 rings (SSSR count). The van der Waals surface area contributed by atoms with Gasteiger partial charge in [0.25, 0.3) is 0 Å². The molecule has 1 N–H and O–H groups in total. The van der Waals surface area contributed by atoms with Crippen LogP contribution in [0, 0.1) is 23.3 Å². The highest BCUT2D eigenvalue weighted by Gasteiger charge is 2.15. The molecule has 17 heavy (non-hydrogen) atoms. The fourth-order valence-corrected chi connectivity index (χ4v) is 1.29. The third-order valence-electron chi connectivity index (χ3n) is 2.05. The number of nitrogens with zero attached hydrogens (tertiary/aromatic N) is 1. The van der Waals surface area contributed by atoms with Crippen molar-refractivity contribution in [1.29, 1.82) is 0 Å². The number of halogens is 4. The van der Waals surface area contributed by atoms with Gasteiger partial charge in [-0.25, -0.2) is 22.4 Å². The third kappa shape index (κ3) is 2.03. The van der Waals surface area contributed by atoms with E-state index in [2.05, 4.69) is 4.98 Å². The molecule has 1 aromatic heterocycles. The summed E-state index contributed by atoms with van der Waals surface area (Å²) in [6, 6.07) is 0.724. The van der Waals surface area contributed by atoms with Crippen molar-refractivity contribution in [2.75, 3.05) is 0 Å². The van der Waals surface area contributed by atoms with E-state index in [0.717, 1.165) is 0 Å². The van der Waals surface area contributed by atoms with Crippen molar-refractivity contribution < 1.29 is 17.6 Å². The maximum Gasteiger partial charge on any atom is 0.345 e. The summed E-state index contributed by atoms with van der Waals surface area (Å²) in [6.45, 7) is 0. The van der Waals surface area contributed by atoms with Crippen molar-refractivity contribution in [2.24, 2.45) is 0 Å². The van der Waals surface area contributed by atoms with Crippen LogP contribution in [0.2, 0.25) is 0 Å². The standard InChI is InChI=1S/C10H4F4N2O/c11-5-2-7(13)6(12)1-4(5)9-8(14)3-15-10(17)16-9/h1-3H,(H,15,16,17). The lowest BCUT2D eigenvalue weighted by Gasteiger charge is -2.04. The van der Waals surface area contributed by atoms with Crippen molar-refractivity contribution in [1.82, 2.24) is 9.97 Å². The molecule has 0 unspecified atom stereocenters. The van der Waals surface area contributed by atoms with Crippen molar-refractivity contribution >= 4 is 0 Å². The van der Waals surface area contributed by atoms with Crippen LogP contribution in [-0.2, 0) is 0 Å². The summed E-state index contributed by atoms with van der Waals surface area (Å²) in [4.78, 5) is 15.8. The van der Waals surface area contributed by atoms with Gasteiger partial charge in [-0.3, -0.25) is 0 Å². The molecule has 0 amide bonds. The van der Waals surface area contributed by atoms with E-state index < -0.39 is 40.2 Å². The van der Waals surface area contributed by atoms with Crippen molar-refractivity contribution in [3.05, 3.63) is 52.1 Å². The topological polar surface area (TPSA) is 45.8 Å². The molecular formula is C10H4F4N2O.